The van der Waals surface area contributed by atoms with Crippen LogP contribution in [-0.4, -0.2) is 38.4 Å². The van der Waals surface area contributed by atoms with Crippen molar-refractivity contribution in [1.82, 2.24) is 15.1 Å². The molecule has 176 valence electrons. The highest BCUT2D eigenvalue weighted by Gasteiger charge is 2.32. The molecule has 6 nitrogen and oxygen atoms in total. The van der Waals surface area contributed by atoms with Gasteiger partial charge in [0, 0.05) is 22.9 Å². The van der Waals surface area contributed by atoms with Gasteiger partial charge < -0.3 is 14.7 Å². The van der Waals surface area contributed by atoms with E-state index in [9.17, 15) is 9.90 Å². The predicted octanol–water partition coefficient (Wildman–Crippen LogP) is 5.80. The van der Waals surface area contributed by atoms with E-state index in [0.29, 0.717) is 18.6 Å². The number of nitrogens with one attached hydrogen (secondary N) is 1. The fraction of sp³-hybridized carbons (Fsp3) is 0.407. The molecule has 0 aliphatic carbocycles. The minimum Gasteiger partial charge on any atom is -0.493 e. The maximum Gasteiger partial charge on any atom is 0.256 e. The molecule has 0 fully saturated rings. The van der Waals surface area contributed by atoms with E-state index in [0.717, 1.165) is 35.3 Å². The molecule has 0 aliphatic rings. The first-order chi connectivity index (χ1) is 16.0. The van der Waals surface area contributed by atoms with Crippen LogP contribution in [0.15, 0.2) is 60.9 Å². The number of H-pyrrole nitrogens is 1. The summed E-state index contributed by atoms with van der Waals surface area (Å²) in [5.74, 6) is 0.535. The van der Waals surface area contributed by atoms with Gasteiger partial charge in [-0.1, -0.05) is 63.4 Å². The molecule has 1 amide bonds. The molecule has 0 saturated heterocycles. The summed E-state index contributed by atoms with van der Waals surface area (Å²) in [6.45, 7) is 6.64. The zero-order valence-corrected chi connectivity index (χ0v) is 19.9. The smallest absolute Gasteiger partial charge is 0.256 e. The zero-order chi connectivity index (χ0) is 23.7. The average Bonchev–Trinajstić information content (AvgIpc) is 3.38. The molecule has 33 heavy (non-hydrogen) atoms. The number of para-hydroxylation sites is 1. The molecule has 6 heteroatoms. The van der Waals surface area contributed by atoms with Crippen LogP contribution in [0.2, 0.25) is 0 Å². The van der Waals surface area contributed by atoms with Crippen molar-refractivity contribution in [2.24, 2.45) is 0 Å². The molecule has 3 rings (SSSR count). The van der Waals surface area contributed by atoms with Gasteiger partial charge in [-0.3, -0.25) is 9.89 Å². The van der Waals surface area contributed by atoms with Gasteiger partial charge >= 0.3 is 0 Å². The molecule has 0 spiro atoms. The summed E-state index contributed by atoms with van der Waals surface area (Å²) in [6, 6.07) is 15.1. The number of unbranched alkanes of at least 4 members (excludes halogenated alkanes) is 3. The van der Waals surface area contributed by atoms with E-state index in [2.05, 4.69) is 17.1 Å². The first-order valence-electron chi connectivity index (χ1n) is 11.8. The first-order valence-corrected chi connectivity index (χ1v) is 11.8. The molecule has 1 unspecified atom stereocenters. The number of amides is 1. The van der Waals surface area contributed by atoms with Gasteiger partial charge in [0.15, 0.2) is 0 Å². The Bertz CT molecular complexity index is 998. The third-order valence-electron chi connectivity index (χ3n) is 6.02. The van der Waals surface area contributed by atoms with Crippen LogP contribution in [0.4, 0.5) is 0 Å². The van der Waals surface area contributed by atoms with E-state index in [4.69, 9.17) is 4.74 Å². The third-order valence-corrected chi connectivity index (χ3v) is 6.02. The zero-order valence-electron chi connectivity index (χ0n) is 19.9. The van der Waals surface area contributed by atoms with Crippen LogP contribution in [0, 0.1) is 0 Å². The summed E-state index contributed by atoms with van der Waals surface area (Å²) >= 11 is 0. The van der Waals surface area contributed by atoms with Crippen LogP contribution in [-0.2, 0) is 6.54 Å². The monoisotopic (exact) mass is 449 g/mol. The van der Waals surface area contributed by atoms with Crippen LogP contribution in [0.1, 0.15) is 68.8 Å². The first kappa shape index (κ1) is 24.5. The van der Waals surface area contributed by atoms with Gasteiger partial charge in [0.2, 0.25) is 0 Å². The number of hydrogen-bond acceptors (Lipinski definition) is 4. The van der Waals surface area contributed by atoms with Gasteiger partial charge in [0.05, 0.1) is 19.3 Å². The van der Waals surface area contributed by atoms with E-state index in [-0.39, 0.29) is 12.5 Å². The Morgan fingerprint density at radius 2 is 1.82 bits per heavy atom. The van der Waals surface area contributed by atoms with Crippen molar-refractivity contribution in [3.05, 3.63) is 72.1 Å². The molecular formula is C27H35N3O3. The second-order valence-electron chi connectivity index (χ2n) is 8.54. The van der Waals surface area contributed by atoms with Crippen LogP contribution in [0.25, 0.3) is 11.1 Å². The van der Waals surface area contributed by atoms with Crippen molar-refractivity contribution in [2.45, 2.75) is 65.1 Å². The summed E-state index contributed by atoms with van der Waals surface area (Å²) in [5.41, 5.74) is 2.03. The number of aromatic nitrogens is 2. The summed E-state index contributed by atoms with van der Waals surface area (Å²) in [7, 11) is 0. The van der Waals surface area contributed by atoms with Crippen LogP contribution < -0.4 is 4.74 Å². The largest absolute Gasteiger partial charge is 0.493 e. The number of nitrogens with zero attached hydrogens (tertiary/aromatic N) is 2. The average molecular weight is 450 g/mol. The number of rotatable bonds is 12. The second kappa shape index (κ2) is 11.7. The lowest BCUT2D eigenvalue weighted by atomic mass is 10.0. The van der Waals surface area contributed by atoms with Crippen molar-refractivity contribution < 1.29 is 14.6 Å². The predicted molar refractivity (Wildman–Crippen MR) is 131 cm³/mol. The lowest BCUT2D eigenvalue weighted by Crippen LogP contribution is -2.49. The number of aliphatic hydroxyl groups is 1. The fourth-order valence-electron chi connectivity index (χ4n) is 3.68. The lowest BCUT2D eigenvalue weighted by molar-refractivity contribution is -0.0797. The summed E-state index contributed by atoms with van der Waals surface area (Å²) in [4.78, 5) is 15.0. The number of carbonyl (C=O) groups is 1. The summed E-state index contributed by atoms with van der Waals surface area (Å²) in [6.07, 6.45) is 8.48. The highest BCUT2D eigenvalue weighted by atomic mass is 16.5. The minimum absolute atomic E-state index is 0.224. The Morgan fingerprint density at radius 3 is 2.48 bits per heavy atom. The highest BCUT2D eigenvalue weighted by molar-refractivity contribution is 5.95. The molecule has 2 aromatic carbocycles. The molecule has 0 radical (unpaired) electrons. The Labute approximate surface area is 196 Å². The molecule has 1 atom stereocenters. The molecule has 0 bridgehead atoms. The topological polar surface area (TPSA) is 78.5 Å². The van der Waals surface area contributed by atoms with Gasteiger partial charge in [-0.05, 0) is 43.5 Å². The molecular weight excluding hydrogens is 414 g/mol. The third kappa shape index (κ3) is 6.45. The van der Waals surface area contributed by atoms with E-state index in [1.54, 1.807) is 25.3 Å². The van der Waals surface area contributed by atoms with E-state index in [1.807, 2.05) is 49.5 Å². The van der Waals surface area contributed by atoms with Crippen molar-refractivity contribution in [2.75, 3.05) is 6.61 Å². The Balaban J connectivity index is 1.79. The van der Waals surface area contributed by atoms with Crippen LogP contribution in [0.3, 0.4) is 0 Å². The van der Waals surface area contributed by atoms with Crippen molar-refractivity contribution >= 4 is 5.91 Å². The number of aromatic amines is 1. The molecule has 0 saturated carbocycles. The highest BCUT2D eigenvalue weighted by Crippen LogP contribution is 2.27. The number of carbonyl (C=O) groups excluding carboxylic acids is 1. The SMILES string of the molecule is CCCCCCOc1ccccc1CN(C(=O)c1ccc(-c2cn[nH]c2)cc1)C(C)(O)CC. The molecule has 0 aliphatic heterocycles. The number of benzene rings is 2. The van der Waals surface area contributed by atoms with E-state index >= 15 is 0 Å². The molecule has 2 N–H and O–H groups in total. The number of hydrogen-bond donors (Lipinski definition) is 2. The van der Waals surface area contributed by atoms with Crippen molar-refractivity contribution in [1.29, 1.82) is 0 Å². The normalized spacial score (nSPS) is 12.8. The van der Waals surface area contributed by atoms with E-state index in [1.165, 1.54) is 17.7 Å². The Morgan fingerprint density at radius 1 is 1.06 bits per heavy atom. The molecule has 1 heterocycles. The Kier molecular flexibility index (Phi) is 8.66. The van der Waals surface area contributed by atoms with Gasteiger partial charge in [-0.15, -0.1) is 0 Å². The molecule has 3 aromatic rings. The summed E-state index contributed by atoms with van der Waals surface area (Å²) < 4.78 is 6.04. The van der Waals surface area contributed by atoms with Crippen LogP contribution in [0.5, 0.6) is 5.75 Å². The minimum atomic E-state index is -1.30. The van der Waals surface area contributed by atoms with E-state index < -0.39 is 5.72 Å². The van der Waals surface area contributed by atoms with Gasteiger partial charge in [0.1, 0.15) is 11.5 Å². The fourth-order valence-corrected chi connectivity index (χ4v) is 3.68. The summed E-state index contributed by atoms with van der Waals surface area (Å²) in [5, 5.41) is 17.9. The number of ether oxygens (including phenoxy) is 1. The van der Waals surface area contributed by atoms with Crippen molar-refractivity contribution in [3.8, 4) is 16.9 Å². The quantitative estimate of drug-likeness (QED) is 0.271. The Hall–Kier alpha value is -3.12. The van der Waals surface area contributed by atoms with Gasteiger partial charge in [0.25, 0.3) is 5.91 Å². The standard InChI is InChI=1S/C27H35N3O3/c1-4-6-7-10-17-33-25-12-9-8-11-23(25)20-30(27(3,32)5-2)26(31)22-15-13-21(14-16-22)24-18-28-29-19-24/h8-9,11-16,18-19,32H,4-7,10,17,20H2,1-3H3,(H,28,29). The van der Waals surface area contributed by atoms with Gasteiger partial charge in [-0.25, -0.2) is 0 Å². The maximum atomic E-state index is 13.5. The van der Waals surface area contributed by atoms with Crippen LogP contribution >= 0.6 is 0 Å². The maximum absolute atomic E-state index is 13.5. The lowest BCUT2D eigenvalue weighted by Gasteiger charge is -2.37. The van der Waals surface area contributed by atoms with Gasteiger partial charge in [-0.2, -0.15) is 5.10 Å². The van der Waals surface area contributed by atoms with Crippen molar-refractivity contribution in [3.63, 3.8) is 0 Å². The second-order valence-corrected chi connectivity index (χ2v) is 8.54. The molecule has 1 aromatic heterocycles.